The summed E-state index contributed by atoms with van der Waals surface area (Å²) in [5, 5.41) is 8.69. The predicted octanol–water partition coefficient (Wildman–Crippen LogP) is 3.18. The van der Waals surface area contributed by atoms with E-state index in [9.17, 15) is 0 Å². The molecule has 0 bridgehead atoms. The first-order chi connectivity index (χ1) is 7.76. The van der Waals surface area contributed by atoms with E-state index in [1.54, 1.807) is 0 Å². The Kier molecular flexibility index (Phi) is 5.60. The molecule has 0 aliphatic rings. The third-order valence-electron chi connectivity index (χ3n) is 2.68. The summed E-state index contributed by atoms with van der Waals surface area (Å²) in [6, 6.07) is 9.98. The lowest BCUT2D eigenvalue weighted by atomic mass is 10.1. The van der Waals surface area contributed by atoms with Crippen molar-refractivity contribution in [3.8, 4) is 6.07 Å². The van der Waals surface area contributed by atoms with Crippen molar-refractivity contribution >= 4 is 0 Å². The number of hydrogen-bond acceptors (Lipinski definition) is 2. The molecule has 0 spiro atoms. The average Bonchev–Trinajstić information content (AvgIpc) is 2.30. The molecular weight excluding hydrogens is 196 g/mol. The van der Waals surface area contributed by atoms with Crippen molar-refractivity contribution < 1.29 is 0 Å². The number of rotatable bonds is 6. The van der Waals surface area contributed by atoms with Gasteiger partial charge in [-0.05, 0) is 37.7 Å². The van der Waals surface area contributed by atoms with Gasteiger partial charge in [-0.15, -0.1) is 0 Å². The van der Waals surface area contributed by atoms with Gasteiger partial charge < -0.3 is 4.90 Å². The van der Waals surface area contributed by atoms with Crippen molar-refractivity contribution in [2.45, 2.75) is 32.7 Å². The highest BCUT2D eigenvalue weighted by Gasteiger charge is 2.00. The highest BCUT2D eigenvalue weighted by atomic mass is 15.1. The lowest BCUT2D eigenvalue weighted by Gasteiger charge is -2.16. The van der Waals surface area contributed by atoms with Crippen LogP contribution in [0.15, 0.2) is 24.3 Å². The molecule has 0 aromatic heterocycles. The quantitative estimate of drug-likeness (QED) is 0.683. The molecule has 0 saturated heterocycles. The van der Waals surface area contributed by atoms with Gasteiger partial charge >= 0.3 is 0 Å². The zero-order chi connectivity index (χ0) is 11.8. The van der Waals surface area contributed by atoms with Gasteiger partial charge in [0.25, 0.3) is 0 Å². The normalized spacial score (nSPS) is 10.4. The first kappa shape index (κ1) is 12.7. The summed E-state index contributed by atoms with van der Waals surface area (Å²) in [5.41, 5.74) is 2.01. The Hall–Kier alpha value is -1.33. The fourth-order valence-corrected chi connectivity index (χ4v) is 1.71. The zero-order valence-corrected chi connectivity index (χ0v) is 10.2. The highest BCUT2D eigenvalue weighted by Crippen LogP contribution is 2.07. The highest BCUT2D eigenvalue weighted by molar-refractivity contribution is 5.31. The molecule has 1 aromatic carbocycles. The summed E-state index contributed by atoms with van der Waals surface area (Å²) < 4.78 is 0. The van der Waals surface area contributed by atoms with Crippen LogP contribution in [0.4, 0.5) is 0 Å². The summed E-state index contributed by atoms with van der Waals surface area (Å²) in [6.45, 7) is 4.34. The van der Waals surface area contributed by atoms with Gasteiger partial charge in [-0.3, -0.25) is 0 Å². The van der Waals surface area contributed by atoms with Gasteiger partial charge in [-0.2, -0.15) is 5.26 Å². The SMILES string of the molecule is CCCCCN(C)Cc1ccc(C#N)cc1. The molecule has 0 aliphatic carbocycles. The molecule has 2 nitrogen and oxygen atoms in total. The van der Waals surface area contributed by atoms with Crippen molar-refractivity contribution in [2.75, 3.05) is 13.6 Å². The summed E-state index contributed by atoms with van der Waals surface area (Å²) in [4.78, 5) is 2.33. The van der Waals surface area contributed by atoms with Gasteiger partial charge in [0.15, 0.2) is 0 Å². The van der Waals surface area contributed by atoms with E-state index in [1.165, 1.54) is 24.8 Å². The maximum absolute atomic E-state index is 8.69. The number of hydrogen-bond donors (Lipinski definition) is 0. The van der Waals surface area contributed by atoms with Gasteiger partial charge in [0.2, 0.25) is 0 Å². The molecular formula is C14H20N2. The van der Waals surface area contributed by atoms with Gasteiger partial charge in [0.05, 0.1) is 11.6 Å². The second-order valence-electron chi connectivity index (χ2n) is 4.25. The molecule has 0 amide bonds. The van der Waals surface area contributed by atoms with E-state index < -0.39 is 0 Å². The minimum absolute atomic E-state index is 0.734. The molecule has 0 aliphatic heterocycles. The first-order valence-corrected chi connectivity index (χ1v) is 5.94. The molecule has 0 N–H and O–H groups in total. The molecule has 0 fully saturated rings. The molecule has 86 valence electrons. The monoisotopic (exact) mass is 216 g/mol. The van der Waals surface area contributed by atoms with E-state index >= 15 is 0 Å². The van der Waals surface area contributed by atoms with Crippen LogP contribution in [0.1, 0.15) is 37.3 Å². The Bertz CT molecular complexity index is 335. The molecule has 0 atom stereocenters. The fraction of sp³-hybridized carbons (Fsp3) is 0.500. The van der Waals surface area contributed by atoms with Crippen LogP contribution in [-0.4, -0.2) is 18.5 Å². The fourth-order valence-electron chi connectivity index (χ4n) is 1.71. The maximum atomic E-state index is 8.69. The second-order valence-corrected chi connectivity index (χ2v) is 4.25. The lowest BCUT2D eigenvalue weighted by Crippen LogP contribution is -2.18. The Morgan fingerprint density at radius 2 is 1.88 bits per heavy atom. The molecule has 1 rings (SSSR count). The standard InChI is InChI=1S/C14H20N2/c1-3-4-5-10-16(2)12-14-8-6-13(11-15)7-9-14/h6-9H,3-5,10,12H2,1-2H3. The number of nitriles is 1. The molecule has 0 radical (unpaired) electrons. The van der Waals surface area contributed by atoms with Crippen molar-refractivity contribution in [1.29, 1.82) is 5.26 Å². The Morgan fingerprint density at radius 3 is 2.44 bits per heavy atom. The van der Waals surface area contributed by atoms with Crippen molar-refractivity contribution in [1.82, 2.24) is 4.90 Å². The van der Waals surface area contributed by atoms with Crippen LogP contribution in [0.2, 0.25) is 0 Å². The molecule has 16 heavy (non-hydrogen) atoms. The van der Waals surface area contributed by atoms with Crippen LogP contribution in [-0.2, 0) is 6.54 Å². The minimum Gasteiger partial charge on any atom is -0.302 e. The molecule has 2 heteroatoms. The lowest BCUT2D eigenvalue weighted by molar-refractivity contribution is 0.318. The maximum Gasteiger partial charge on any atom is 0.0991 e. The predicted molar refractivity (Wildman–Crippen MR) is 67.0 cm³/mol. The smallest absolute Gasteiger partial charge is 0.0991 e. The summed E-state index contributed by atoms with van der Waals surface area (Å²) in [6.07, 6.45) is 3.84. The van der Waals surface area contributed by atoms with Crippen LogP contribution in [0.25, 0.3) is 0 Å². The van der Waals surface area contributed by atoms with Gasteiger partial charge in [-0.25, -0.2) is 0 Å². The van der Waals surface area contributed by atoms with E-state index in [4.69, 9.17) is 5.26 Å². The zero-order valence-electron chi connectivity index (χ0n) is 10.2. The van der Waals surface area contributed by atoms with Crippen LogP contribution < -0.4 is 0 Å². The Balaban J connectivity index is 2.38. The Labute approximate surface area is 98.5 Å². The third-order valence-corrected chi connectivity index (χ3v) is 2.68. The van der Waals surface area contributed by atoms with E-state index in [1.807, 2.05) is 24.3 Å². The largest absolute Gasteiger partial charge is 0.302 e. The topological polar surface area (TPSA) is 27.0 Å². The summed E-state index contributed by atoms with van der Waals surface area (Å²) in [7, 11) is 2.15. The van der Waals surface area contributed by atoms with E-state index in [-0.39, 0.29) is 0 Å². The number of nitrogens with zero attached hydrogens (tertiary/aromatic N) is 2. The minimum atomic E-state index is 0.734. The van der Waals surface area contributed by atoms with Crippen molar-refractivity contribution in [3.05, 3.63) is 35.4 Å². The van der Waals surface area contributed by atoms with Gasteiger partial charge in [-0.1, -0.05) is 31.9 Å². The van der Waals surface area contributed by atoms with E-state index in [2.05, 4.69) is 24.9 Å². The van der Waals surface area contributed by atoms with Crippen LogP contribution in [0.3, 0.4) is 0 Å². The summed E-state index contributed by atoms with van der Waals surface area (Å²) in [5.74, 6) is 0. The molecule has 1 aromatic rings. The average molecular weight is 216 g/mol. The van der Waals surface area contributed by atoms with E-state index in [0.29, 0.717) is 0 Å². The Morgan fingerprint density at radius 1 is 1.19 bits per heavy atom. The van der Waals surface area contributed by atoms with Gasteiger partial charge in [0.1, 0.15) is 0 Å². The van der Waals surface area contributed by atoms with E-state index in [0.717, 1.165) is 18.7 Å². The molecule has 0 heterocycles. The molecule has 0 unspecified atom stereocenters. The molecule has 0 saturated carbocycles. The van der Waals surface area contributed by atoms with Crippen LogP contribution >= 0.6 is 0 Å². The summed E-state index contributed by atoms with van der Waals surface area (Å²) >= 11 is 0. The first-order valence-electron chi connectivity index (χ1n) is 5.94. The van der Waals surface area contributed by atoms with Gasteiger partial charge in [0, 0.05) is 6.54 Å². The second kappa shape index (κ2) is 7.03. The van der Waals surface area contributed by atoms with Crippen LogP contribution in [0.5, 0.6) is 0 Å². The van der Waals surface area contributed by atoms with Crippen LogP contribution in [0, 0.1) is 11.3 Å². The number of unbranched alkanes of at least 4 members (excludes halogenated alkanes) is 2. The number of benzene rings is 1. The van der Waals surface area contributed by atoms with Crippen molar-refractivity contribution in [3.63, 3.8) is 0 Å². The third kappa shape index (κ3) is 4.46. The van der Waals surface area contributed by atoms with Crippen molar-refractivity contribution in [2.24, 2.45) is 0 Å².